The van der Waals surface area contributed by atoms with Crippen LogP contribution in [0, 0.1) is 0 Å². The number of likely N-dealkylation sites (N-methyl/N-ethyl adjacent to an activating group) is 1. The Bertz CT molecular complexity index is 922. The predicted molar refractivity (Wildman–Crippen MR) is 112 cm³/mol. The van der Waals surface area contributed by atoms with Gasteiger partial charge < -0.3 is 19.6 Å². The van der Waals surface area contributed by atoms with Crippen LogP contribution in [0.15, 0.2) is 35.1 Å². The first-order valence-corrected chi connectivity index (χ1v) is 10.2. The maximum absolute atomic E-state index is 6.13. The van der Waals surface area contributed by atoms with Crippen LogP contribution in [0.4, 0.5) is 5.82 Å². The number of fused-ring (bicyclic) bond motifs is 1. The van der Waals surface area contributed by atoms with Crippen LogP contribution in [-0.2, 0) is 0 Å². The van der Waals surface area contributed by atoms with Crippen molar-refractivity contribution in [3.8, 4) is 11.3 Å². The van der Waals surface area contributed by atoms with Gasteiger partial charge in [-0.25, -0.2) is 4.98 Å². The molecular weight excluding hydrogens is 376 g/mol. The van der Waals surface area contributed by atoms with Gasteiger partial charge in [0.05, 0.1) is 0 Å². The van der Waals surface area contributed by atoms with Gasteiger partial charge in [-0.3, -0.25) is 0 Å². The summed E-state index contributed by atoms with van der Waals surface area (Å²) in [5.41, 5.74) is 2.07. The average molecular weight is 401 g/mol. The fourth-order valence-corrected chi connectivity index (χ4v) is 3.78. The highest BCUT2D eigenvalue weighted by molar-refractivity contribution is 6.30. The SMILES string of the molecule is CCN1CCN(CCCNc2ncnc3onc(-c4cccc(Cl)c4)c23)CC1. The van der Waals surface area contributed by atoms with Gasteiger partial charge in [0.25, 0.3) is 5.71 Å². The molecule has 0 saturated carbocycles. The molecule has 1 aromatic carbocycles. The first-order valence-electron chi connectivity index (χ1n) is 9.79. The summed E-state index contributed by atoms with van der Waals surface area (Å²) in [6.45, 7) is 9.92. The Labute approximate surface area is 169 Å². The summed E-state index contributed by atoms with van der Waals surface area (Å²) in [6.07, 6.45) is 2.55. The van der Waals surface area contributed by atoms with E-state index in [0.29, 0.717) is 16.4 Å². The van der Waals surface area contributed by atoms with E-state index >= 15 is 0 Å². The topological polar surface area (TPSA) is 70.3 Å². The molecule has 0 radical (unpaired) electrons. The zero-order valence-electron chi connectivity index (χ0n) is 16.1. The van der Waals surface area contributed by atoms with Crippen molar-refractivity contribution >= 4 is 28.5 Å². The Hall–Kier alpha value is -2.22. The van der Waals surface area contributed by atoms with Crippen molar-refractivity contribution in [2.75, 3.05) is 51.1 Å². The molecule has 0 bridgehead atoms. The largest absolute Gasteiger partial charge is 0.369 e. The Balaban J connectivity index is 1.41. The second-order valence-corrected chi connectivity index (χ2v) is 7.44. The van der Waals surface area contributed by atoms with E-state index in [1.165, 1.54) is 19.4 Å². The number of piperazine rings is 1. The third-order valence-electron chi connectivity index (χ3n) is 5.23. The molecule has 3 heterocycles. The minimum atomic E-state index is 0.475. The minimum absolute atomic E-state index is 0.475. The van der Waals surface area contributed by atoms with Gasteiger partial charge in [0.1, 0.15) is 23.2 Å². The highest BCUT2D eigenvalue weighted by Crippen LogP contribution is 2.32. The van der Waals surface area contributed by atoms with Crippen LogP contribution >= 0.6 is 11.6 Å². The fourth-order valence-electron chi connectivity index (χ4n) is 3.59. The van der Waals surface area contributed by atoms with Gasteiger partial charge in [-0.2, -0.15) is 4.98 Å². The Kier molecular flexibility index (Phi) is 6.04. The Morgan fingerprint density at radius 2 is 1.96 bits per heavy atom. The number of anilines is 1. The molecule has 7 nitrogen and oxygen atoms in total. The van der Waals surface area contributed by atoms with E-state index in [-0.39, 0.29) is 0 Å². The summed E-state index contributed by atoms with van der Waals surface area (Å²) in [5, 5.41) is 9.08. The van der Waals surface area contributed by atoms with Crippen molar-refractivity contribution in [1.29, 1.82) is 0 Å². The molecule has 0 atom stereocenters. The second-order valence-electron chi connectivity index (χ2n) is 7.00. The number of nitrogens with zero attached hydrogens (tertiary/aromatic N) is 5. The minimum Gasteiger partial charge on any atom is -0.369 e. The summed E-state index contributed by atoms with van der Waals surface area (Å²) < 4.78 is 5.41. The van der Waals surface area contributed by atoms with Crippen molar-refractivity contribution < 1.29 is 4.52 Å². The maximum Gasteiger partial charge on any atom is 0.263 e. The summed E-state index contributed by atoms with van der Waals surface area (Å²) in [6, 6.07) is 7.55. The number of hydrogen-bond acceptors (Lipinski definition) is 7. The van der Waals surface area contributed by atoms with Crippen molar-refractivity contribution in [3.63, 3.8) is 0 Å². The van der Waals surface area contributed by atoms with E-state index in [0.717, 1.165) is 55.9 Å². The number of aromatic nitrogens is 3. The molecule has 0 spiro atoms. The van der Waals surface area contributed by atoms with Crippen molar-refractivity contribution in [3.05, 3.63) is 35.6 Å². The molecule has 28 heavy (non-hydrogen) atoms. The number of halogens is 1. The molecular formula is C20H25ClN6O. The molecule has 4 rings (SSSR count). The van der Waals surface area contributed by atoms with Gasteiger partial charge >= 0.3 is 0 Å². The first kappa shape index (κ1) is 19.1. The fraction of sp³-hybridized carbons (Fsp3) is 0.450. The molecule has 8 heteroatoms. The third-order valence-corrected chi connectivity index (χ3v) is 5.46. The summed E-state index contributed by atoms with van der Waals surface area (Å²) >= 11 is 6.13. The number of rotatable bonds is 7. The Morgan fingerprint density at radius 1 is 1.14 bits per heavy atom. The zero-order chi connectivity index (χ0) is 19.3. The van der Waals surface area contributed by atoms with Crippen LogP contribution in [0.5, 0.6) is 0 Å². The monoisotopic (exact) mass is 400 g/mol. The van der Waals surface area contributed by atoms with Gasteiger partial charge in [0.15, 0.2) is 0 Å². The molecule has 0 aliphatic carbocycles. The molecule has 0 amide bonds. The van der Waals surface area contributed by atoms with Crippen molar-refractivity contribution in [2.45, 2.75) is 13.3 Å². The first-order chi connectivity index (χ1) is 13.7. The van der Waals surface area contributed by atoms with E-state index in [1.807, 2.05) is 24.3 Å². The average Bonchev–Trinajstić information content (AvgIpc) is 3.17. The highest BCUT2D eigenvalue weighted by Gasteiger charge is 2.17. The molecule has 3 aromatic rings. The van der Waals surface area contributed by atoms with E-state index in [2.05, 4.69) is 37.2 Å². The lowest BCUT2D eigenvalue weighted by Crippen LogP contribution is -2.46. The van der Waals surface area contributed by atoms with Crippen molar-refractivity contribution in [2.24, 2.45) is 0 Å². The van der Waals surface area contributed by atoms with Gasteiger partial charge in [-0.1, -0.05) is 35.8 Å². The molecule has 1 aliphatic heterocycles. The molecule has 1 saturated heterocycles. The molecule has 148 valence electrons. The van der Waals surface area contributed by atoms with E-state index in [1.54, 1.807) is 0 Å². The lowest BCUT2D eigenvalue weighted by atomic mass is 10.1. The summed E-state index contributed by atoms with van der Waals surface area (Å²) in [7, 11) is 0. The lowest BCUT2D eigenvalue weighted by molar-refractivity contribution is 0.137. The molecule has 1 fully saturated rings. The second kappa shape index (κ2) is 8.86. The van der Waals surface area contributed by atoms with Gasteiger partial charge in [0, 0.05) is 43.3 Å². The van der Waals surface area contributed by atoms with Gasteiger partial charge in [0.2, 0.25) is 0 Å². The number of hydrogen-bond donors (Lipinski definition) is 1. The van der Waals surface area contributed by atoms with Crippen LogP contribution in [0.3, 0.4) is 0 Å². The normalized spacial score (nSPS) is 15.9. The molecule has 2 aromatic heterocycles. The van der Waals surface area contributed by atoms with E-state index in [9.17, 15) is 0 Å². The zero-order valence-corrected chi connectivity index (χ0v) is 16.8. The summed E-state index contributed by atoms with van der Waals surface area (Å²) in [5.74, 6) is 0.747. The standard InChI is InChI=1S/C20H25ClN6O/c1-2-26-9-11-27(12-10-26)8-4-7-22-19-17-18(15-5-3-6-16(21)13-15)25-28-20(17)24-14-23-19/h3,5-6,13-14H,2,4,7-12H2,1H3,(H,22,23,24). The van der Waals surface area contributed by atoms with Gasteiger partial charge in [-0.05, 0) is 31.6 Å². The Morgan fingerprint density at radius 3 is 2.75 bits per heavy atom. The van der Waals surface area contributed by atoms with Crippen LogP contribution in [0.1, 0.15) is 13.3 Å². The van der Waals surface area contributed by atoms with Crippen LogP contribution in [-0.4, -0.2) is 70.7 Å². The van der Waals surface area contributed by atoms with Crippen molar-refractivity contribution in [1.82, 2.24) is 24.9 Å². The predicted octanol–water partition coefficient (Wildman–Crippen LogP) is 3.38. The van der Waals surface area contributed by atoms with E-state index in [4.69, 9.17) is 16.1 Å². The molecule has 0 unspecified atom stereocenters. The highest BCUT2D eigenvalue weighted by atomic mass is 35.5. The number of benzene rings is 1. The van der Waals surface area contributed by atoms with Crippen LogP contribution in [0.25, 0.3) is 22.4 Å². The third kappa shape index (κ3) is 4.27. The van der Waals surface area contributed by atoms with Gasteiger partial charge in [-0.15, -0.1) is 0 Å². The van der Waals surface area contributed by atoms with Crippen LogP contribution < -0.4 is 5.32 Å². The maximum atomic E-state index is 6.13. The smallest absolute Gasteiger partial charge is 0.263 e. The number of nitrogens with one attached hydrogen (secondary N) is 1. The van der Waals surface area contributed by atoms with Crippen LogP contribution in [0.2, 0.25) is 5.02 Å². The van der Waals surface area contributed by atoms with E-state index < -0.39 is 0 Å². The molecule has 1 N–H and O–H groups in total. The quantitative estimate of drug-likeness (QED) is 0.609. The summed E-state index contributed by atoms with van der Waals surface area (Å²) in [4.78, 5) is 13.6. The molecule has 1 aliphatic rings. The lowest BCUT2D eigenvalue weighted by Gasteiger charge is -2.33.